The lowest BCUT2D eigenvalue weighted by atomic mass is 10.1. The van der Waals surface area contributed by atoms with Crippen LogP contribution in [-0.2, 0) is 0 Å². The van der Waals surface area contributed by atoms with Crippen LogP contribution in [-0.4, -0.2) is 21.1 Å². The summed E-state index contributed by atoms with van der Waals surface area (Å²) in [5.41, 5.74) is 3.10. The molecule has 0 spiro atoms. The minimum Gasteiger partial charge on any atom is -0.250 e. The second-order valence-corrected chi connectivity index (χ2v) is 6.08. The molecule has 0 aliphatic rings. The number of rotatable bonds is 3. The van der Waals surface area contributed by atoms with Gasteiger partial charge in [0, 0.05) is 10.0 Å². The van der Waals surface area contributed by atoms with Crippen molar-refractivity contribution in [3.05, 3.63) is 68.9 Å². The van der Waals surface area contributed by atoms with E-state index in [-0.39, 0.29) is 0 Å². The van der Waals surface area contributed by atoms with Gasteiger partial charge < -0.3 is 0 Å². The smallest absolute Gasteiger partial charge is 0.216 e. The van der Waals surface area contributed by atoms with Gasteiger partial charge in [0.05, 0.1) is 6.21 Å². The van der Waals surface area contributed by atoms with Gasteiger partial charge in [-0.1, -0.05) is 52.3 Å². The van der Waals surface area contributed by atoms with Crippen LogP contribution in [0.15, 0.2) is 58.1 Å². The van der Waals surface area contributed by atoms with Crippen molar-refractivity contribution >= 4 is 34.4 Å². The van der Waals surface area contributed by atoms with E-state index < -0.39 is 0 Å². The summed E-state index contributed by atoms with van der Waals surface area (Å²) >= 11 is 8.73. The molecule has 0 saturated carbocycles. The number of aryl methyl sites for hydroxylation is 1. The fourth-order valence-electron chi connectivity index (χ4n) is 2.11. The second kappa shape index (κ2) is 6.37. The third kappa shape index (κ3) is 3.08. The van der Waals surface area contributed by atoms with Gasteiger partial charge in [0.2, 0.25) is 4.77 Å². The van der Waals surface area contributed by atoms with Crippen LogP contribution in [0.3, 0.4) is 0 Å². The van der Waals surface area contributed by atoms with Gasteiger partial charge in [-0.25, -0.2) is 5.10 Å². The van der Waals surface area contributed by atoms with E-state index in [0.29, 0.717) is 10.6 Å². The molecule has 0 unspecified atom stereocenters. The van der Waals surface area contributed by atoms with Crippen LogP contribution in [0.2, 0.25) is 0 Å². The van der Waals surface area contributed by atoms with Crippen molar-refractivity contribution < 1.29 is 0 Å². The van der Waals surface area contributed by atoms with Gasteiger partial charge in [-0.3, -0.25) is 0 Å². The second-order valence-electron chi connectivity index (χ2n) is 4.78. The Morgan fingerprint density at radius 3 is 2.82 bits per heavy atom. The Bertz CT molecular complexity index is 895. The summed E-state index contributed by atoms with van der Waals surface area (Å²) in [6.07, 6.45) is 1.76. The first-order chi connectivity index (χ1) is 10.6. The van der Waals surface area contributed by atoms with Crippen LogP contribution in [0.5, 0.6) is 0 Å². The maximum Gasteiger partial charge on any atom is 0.216 e. The number of nitrogens with zero attached hydrogens (tertiary/aromatic N) is 3. The lowest BCUT2D eigenvalue weighted by Gasteiger charge is -2.04. The predicted molar refractivity (Wildman–Crippen MR) is 94.7 cm³/mol. The topological polar surface area (TPSA) is 46.0 Å². The number of aromatic nitrogens is 3. The number of benzene rings is 2. The van der Waals surface area contributed by atoms with Crippen molar-refractivity contribution in [3.8, 4) is 11.4 Å². The van der Waals surface area contributed by atoms with Gasteiger partial charge in [0.1, 0.15) is 0 Å². The Morgan fingerprint density at radius 1 is 1.23 bits per heavy atom. The number of H-pyrrole nitrogens is 1. The molecule has 3 aromatic rings. The summed E-state index contributed by atoms with van der Waals surface area (Å²) in [6.45, 7) is 2.04. The molecule has 0 aliphatic heterocycles. The highest BCUT2D eigenvalue weighted by atomic mass is 79.9. The molecular formula is C16H13BrN4S. The molecule has 0 radical (unpaired) electrons. The first-order valence-electron chi connectivity index (χ1n) is 6.68. The number of hydrogen-bond acceptors (Lipinski definition) is 3. The van der Waals surface area contributed by atoms with Crippen molar-refractivity contribution in [2.75, 3.05) is 0 Å². The van der Waals surface area contributed by atoms with Gasteiger partial charge in [-0.05, 0) is 42.4 Å². The van der Waals surface area contributed by atoms with E-state index in [9.17, 15) is 0 Å². The van der Waals surface area contributed by atoms with Crippen molar-refractivity contribution in [2.45, 2.75) is 6.92 Å². The molecule has 6 heteroatoms. The van der Waals surface area contributed by atoms with Crippen molar-refractivity contribution in [1.82, 2.24) is 14.9 Å². The summed E-state index contributed by atoms with van der Waals surface area (Å²) < 4.78 is 3.11. The van der Waals surface area contributed by atoms with Crippen molar-refractivity contribution in [3.63, 3.8) is 0 Å². The van der Waals surface area contributed by atoms with Crippen LogP contribution >= 0.6 is 28.1 Å². The molecule has 22 heavy (non-hydrogen) atoms. The third-order valence-corrected chi connectivity index (χ3v) is 3.96. The Labute approximate surface area is 141 Å². The minimum atomic E-state index is 0.462. The lowest BCUT2D eigenvalue weighted by molar-refractivity contribution is 0.871. The third-order valence-electron chi connectivity index (χ3n) is 3.21. The first-order valence-corrected chi connectivity index (χ1v) is 7.88. The highest BCUT2D eigenvalue weighted by Gasteiger charge is 2.09. The maximum atomic E-state index is 5.28. The Hall–Kier alpha value is -2.05. The average molecular weight is 373 g/mol. The zero-order valence-corrected chi connectivity index (χ0v) is 14.2. The molecule has 1 aromatic heterocycles. The highest BCUT2D eigenvalue weighted by Crippen LogP contribution is 2.21. The molecular weight excluding hydrogens is 360 g/mol. The Kier molecular flexibility index (Phi) is 4.31. The van der Waals surface area contributed by atoms with Gasteiger partial charge in [0.25, 0.3) is 0 Å². The van der Waals surface area contributed by atoms with Crippen LogP contribution in [0.25, 0.3) is 11.4 Å². The van der Waals surface area contributed by atoms with E-state index >= 15 is 0 Å². The Balaban J connectivity index is 2.04. The van der Waals surface area contributed by atoms with E-state index in [1.807, 2.05) is 55.5 Å². The standard InChI is InChI=1S/C16H13BrN4S/c1-11-5-2-3-8-14(11)15-19-20-16(22)21(15)18-10-12-6-4-7-13(17)9-12/h2-10H,1H3,(H,20,22)/b18-10-. The van der Waals surface area contributed by atoms with Gasteiger partial charge in [-0.15, -0.1) is 0 Å². The fourth-order valence-corrected chi connectivity index (χ4v) is 2.70. The number of hydrogen-bond donors (Lipinski definition) is 1. The summed E-state index contributed by atoms with van der Waals surface area (Å²) in [6, 6.07) is 15.9. The summed E-state index contributed by atoms with van der Waals surface area (Å²) in [5, 5.41) is 11.6. The lowest BCUT2D eigenvalue weighted by Crippen LogP contribution is -1.96. The van der Waals surface area contributed by atoms with Crippen LogP contribution in [0.4, 0.5) is 0 Å². The molecule has 3 rings (SSSR count). The highest BCUT2D eigenvalue weighted by molar-refractivity contribution is 9.10. The monoisotopic (exact) mass is 372 g/mol. The van der Waals surface area contributed by atoms with E-state index in [0.717, 1.165) is 21.2 Å². The molecule has 110 valence electrons. The normalized spacial score (nSPS) is 11.2. The zero-order valence-electron chi connectivity index (χ0n) is 11.8. The van der Waals surface area contributed by atoms with Crippen LogP contribution < -0.4 is 0 Å². The molecule has 1 N–H and O–H groups in total. The molecule has 0 amide bonds. The SMILES string of the molecule is Cc1ccccc1-c1n[nH]c(=S)n1/N=C\c1cccc(Br)c1. The minimum absolute atomic E-state index is 0.462. The molecule has 1 heterocycles. The predicted octanol–water partition coefficient (Wildman–Crippen LogP) is 4.56. The Morgan fingerprint density at radius 2 is 2.05 bits per heavy atom. The van der Waals surface area contributed by atoms with Crippen LogP contribution in [0.1, 0.15) is 11.1 Å². The number of halogens is 1. The van der Waals surface area contributed by atoms with Gasteiger partial charge in [-0.2, -0.15) is 14.9 Å². The van der Waals surface area contributed by atoms with Crippen LogP contribution in [0, 0.1) is 11.7 Å². The quantitative estimate of drug-likeness (QED) is 0.540. The van der Waals surface area contributed by atoms with E-state index in [4.69, 9.17) is 12.2 Å². The summed E-state index contributed by atoms with van der Waals surface area (Å²) in [7, 11) is 0. The van der Waals surface area contributed by atoms with E-state index in [1.165, 1.54) is 0 Å². The number of nitrogens with one attached hydrogen (secondary N) is 1. The van der Waals surface area contributed by atoms with E-state index in [1.54, 1.807) is 10.9 Å². The zero-order chi connectivity index (χ0) is 15.5. The number of aromatic amines is 1. The molecule has 0 atom stereocenters. The fraction of sp³-hybridized carbons (Fsp3) is 0.0625. The first kappa shape index (κ1) is 14.9. The summed E-state index contributed by atoms with van der Waals surface area (Å²) in [5.74, 6) is 0.703. The molecule has 2 aromatic carbocycles. The van der Waals surface area contributed by atoms with Gasteiger partial charge in [0.15, 0.2) is 5.82 Å². The molecule has 4 nitrogen and oxygen atoms in total. The van der Waals surface area contributed by atoms with E-state index in [2.05, 4.69) is 31.2 Å². The summed E-state index contributed by atoms with van der Waals surface area (Å²) in [4.78, 5) is 0. The van der Waals surface area contributed by atoms with Crippen molar-refractivity contribution in [1.29, 1.82) is 0 Å². The molecule has 0 saturated heterocycles. The average Bonchev–Trinajstić information content (AvgIpc) is 2.87. The maximum absolute atomic E-state index is 5.28. The van der Waals surface area contributed by atoms with Gasteiger partial charge >= 0.3 is 0 Å². The van der Waals surface area contributed by atoms with Crippen molar-refractivity contribution in [2.24, 2.45) is 5.10 Å². The largest absolute Gasteiger partial charge is 0.250 e. The molecule has 0 fully saturated rings. The molecule has 0 bridgehead atoms. The molecule has 0 aliphatic carbocycles.